The topological polar surface area (TPSA) is 95.7 Å². The Kier molecular flexibility index (Phi) is 2.46. The van der Waals surface area contributed by atoms with E-state index in [9.17, 15) is 9.59 Å². The van der Waals surface area contributed by atoms with E-state index in [4.69, 9.17) is 9.63 Å². The Bertz CT molecular complexity index is 488. The zero-order chi connectivity index (χ0) is 12.7. The van der Waals surface area contributed by atoms with Crippen LogP contribution in [0.25, 0.3) is 0 Å². The highest BCUT2D eigenvalue weighted by atomic mass is 16.5. The van der Waals surface area contributed by atoms with E-state index in [0.29, 0.717) is 19.0 Å². The number of carbonyl (C=O) groups excluding carboxylic acids is 1. The van der Waals surface area contributed by atoms with E-state index >= 15 is 0 Å². The first-order valence-electron chi connectivity index (χ1n) is 5.89. The Morgan fingerprint density at radius 1 is 1.44 bits per heavy atom. The maximum absolute atomic E-state index is 11.8. The number of hydrogen-bond acceptors (Lipinski definition) is 4. The highest BCUT2D eigenvalue weighted by Gasteiger charge is 2.33. The molecule has 0 bridgehead atoms. The van der Waals surface area contributed by atoms with Gasteiger partial charge in [0.15, 0.2) is 5.69 Å². The van der Waals surface area contributed by atoms with Crippen LogP contribution in [0.15, 0.2) is 10.6 Å². The lowest BCUT2D eigenvalue weighted by Gasteiger charge is -2.37. The molecule has 7 heteroatoms. The quantitative estimate of drug-likeness (QED) is 0.822. The number of carboxylic acid groups (broad SMARTS) is 1. The maximum atomic E-state index is 11.8. The van der Waals surface area contributed by atoms with Crippen molar-refractivity contribution in [1.29, 1.82) is 0 Å². The fraction of sp³-hybridized carbons (Fsp3) is 0.545. The summed E-state index contributed by atoms with van der Waals surface area (Å²) in [4.78, 5) is 23.6. The highest BCUT2D eigenvalue weighted by Crippen LogP contribution is 2.40. The van der Waals surface area contributed by atoms with Crippen molar-refractivity contribution in [3.63, 3.8) is 0 Å². The van der Waals surface area contributed by atoms with Crippen LogP contribution in [0, 0.1) is 0 Å². The normalized spacial score (nSPS) is 19.4. The van der Waals surface area contributed by atoms with Gasteiger partial charge in [-0.2, -0.15) is 0 Å². The van der Waals surface area contributed by atoms with Crippen LogP contribution in [-0.2, 0) is 0 Å². The van der Waals surface area contributed by atoms with Crippen molar-refractivity contribution in [3.8, 4) is 0 Å². The van der Waals surface area contributed by atoms with E-state index in [0.717, 1.165) is 18.6 Å². The summed E-state index contributed by atoms with van der Waals surface area (Å²) in [5.41, 5.74) is 0.269. The van der Waals surface area contributed by atoms with E-state index in [-0.39, 0.29) is 17.6 Å². The predicted octanol–water partition coefficient (Wildman–Crippen LogP) is 0.644. The molecule has 1 aliphatic carbocycles. The third-order valence-electron chi connectivity index (χ3n) is 3.23. The van der Waals surface area contributed by atoms with Crippen LogP contribution in [-0.4, -0.2) is 46.3 Å². The van der Waals surface area contributed by atoms with Crippen molar-refractivity contribution in [1.82, 2.24) is 15.4 Å². The van der Waals surface area contributed by atoms with Crippen LogP contribution in [0.3, 0.4) is 0 Å². The van der Waals surface area contributed by atoms with Gasteiger partial charge in [0.1, 0.15) is 5.76 Å². The minimum atomic E-state index is -0.960. The second-order valence-electron chi connectivity index (χ2n) is 4.75. The molecule has 0 atom stereocenters. The van der Waals surface area contributed by atoms with E-state index in [2.05, 4.69) is 10.5 Å². The van der Waals surface area contributed by atoms with Crippen LogP contribution in [0.1, 0.15) is 35.0 Å². The Morgan fingerprint density at radius 3 is 2.78 bits per heavy atom. The second kappa shape index (κ2) is 4.01. The molecule has 0 radical (unpaired) electrons. The molecule has 18 heavy (non-hydrogen) atoms. The number of likely N-dealkylation sites (tertiary alicyclic amines) is 1. The summed E-state index contributed by atoms with van der Waals surface area (Å²) >= 11 is 0. The Labute approximate surface area is 103 Å². The molecule has 1 saturated heterocycles. The molecule has 3 rings (SSSR count). The molecule has 0 aromatic carbocycles. The number of hydrogen-bond donors (Lipinski definition) is 2. The maximum Gasteiger partial charge on any atom is 0.407 e. The Hall–Kier alpha value is -2.05. The van der Waals surface area contributed by atoms with Crippen molar-refractivity contribution in [2.45, 2.75) is 24.8 Å². The molecule has 2 heterocycles. The third kappa shape index (κ3) is 2.03. The summed E-state index contributed by atoms with van der Waals surface area (Å²) in [6, 6.07) is 1.54. The fourth-order valence-electron chi connectivity index (χ4n) is 1.94. The van der Waals surface area contributed by atoms with Crippen molar-refractivity contribution >= 4 is 12.0 Å². The molecule has 0 spiro atoms. The first-order valence-corrected chi connectivity index (χ1v) is 5.89. The standard InChI is InChI=1S/C11H13N3O4/c15-10(12-7-4-14(5-7)11(16)17)8-3-9(18-13-8)6-1-2-6/h3,6-7H,1-2,4-5H2,(H,12,15)(H,16,17). The fourth-order valence-corrected chi connectivity index (χ4v) is 1.94. The minimum absolute atomic E-state index is 0.130. The average molecular weight is 251 g/mol. The van der Waals surface area contributed by atoms with Gasteiger partial charge in [0.25, 0.3) is 5.91 Å². The van der Waals surface area contributed by atoms with Crippen molar-refractivity contribution in [2.75, 3.05) is 13.1 Å². The molecule has 2 amide bonds. The molecule has 1 saturated carbocycles. The molecule has 1 aromatic rings. The first-order chi connectivity index (χ1) is 8.63. The number of aromatic nitrogens is 1. The van der Waals surface area contributed by atoms with Gasteiger partial charge in [-0.1, -0.05) is 5.16 Å². The van der Waals surface area contributed by atoms with Gasteiger partial charge in [0, 0.05) is 25.1 Å². The van der Waals surface area contributed by atoms with Crippen LogP contribution in [0.2, 0.25) is 0 Å². The van der Waals surface area contributed by atoms with Gasteiger partial charge in [-0.15, -0.1) is 0 Å². The molecule has 1 aromatic heterocycles. The van der Waals surface area contributed by atoms with Crippen LogP contribution >= 0.6 is 0 Å². The molecule has 0 unspecified atom stereocenters. The van der Waals surface area contributed by atoms with Crippen molar-refractivity contribution in [2.24, 2.45) is 0 Å². The van der Waals surface area contributed by atoms with Crippen LogP contribution in [0.5, 0.6) is 0 Å². The van der Waals surface area contributed by atoms with E-state index < -0.39 is 6.09 Å². The van der Waals surface area contributed by atoms with Gasteiger partial charge >= 0.3 is 6.09 Å². The van der Waals surface area contributed by atoms with Crippen molar-refractivity contribution < 1.29 is 19.2 Å². The summed E-state index contributed by atoms with van der Waals surface area (Å²) in [5, 5.41) is 15.1. The first kappa shape index (κ1) is 11.1. The summed E-state index contributed by atoms with van der Waals surface area (Å²) in [6.45, 7) is 0.656. The summed E-state index contributed by atoms with van der Waals surface area (Å²) in [5.74, 6) is 0.881. The smallest absolute Gasteiger partial charge is 0.407 e. The Morgan fingerprint density at radius 2 is 2.17 bits per heavy atom. The van der Waals surface area contributed by atoms with E-state index in [1.54, 1.807) is 6.07 Å². The minimum Gasteiger partial charge on any atom is -0.465 e. The molecule has 2 aliphatic rings. The number of amides is 2. The zero-order valence-electron chi connectivity index (χ0n) is 9.63. The van der Waals surface area contributed by atoms with Gasteiger partial charge in [-0.25, -0.2) is 4.79 Å². The summed E-state index contributed by atoms with van der Waals surface area (Å²) < 4.78 is 5.09. The lowest BCUT2D eigenvalue weighted by molar-refractivity contribution is 0.0761. The van der Waals surface area contributed by atoms with Gasteiger partial charge in [-0.05, 0) is 12.8 Å². The Balaban J connectivity index is 1.53. The zero-order valence-corrected chi connectivity index (χ0v) is 9.63. The van der Waals surface area contributed by atoms with E-state index in [1.807, 2.05) is 0 Å². The number of nitrogens with one attached hydrogen (secondary N) is 1. The molecule has 1 aliphatic heterocycles. The van der Waals surface area contributed by atoms with Gasteiger partial charge in [-0.3, -0.25) is 4.79 Å². The molecule has 96 valence electrons. The number of nitrogens with zero attached hydrogens (tertiary/aromatic N) is 2. The molecule has 2 fully saturated rings. The lowest BCUT2D eigenvalue weighted by Crippen LogP contribution is -2.60. The number of rotatable bonds is 3. The third-order valence-corrected chi connectivity index (χ3v) is 3.23. The molecule has 2 N–H and O–H groups in total. The van der Waals surface area contributed by atoms with Gasteiger partial charge in [0.05, 0.1) is 6.04 Å². The lowest BCUT2D eigenvalue weighted by atomic mass is 10.1. The summed E-state index contributed by atoms with van der Waals surface area (Å²) in [7, 11) is 0. The van der Waals surface area contributed by atoms with Gasteiger partial charge < -0.3 is 19.8 Å². The SMILES string of the molecule is O=C(NC1CN(C(=O)O)C1)c1cc(C2CC2)on1. The molecular weight excluding hydrogens is 238 g/mol. The highest BCUT2D eigenvalue weighted by molar-refractivity contribution is 5.92. The van der Waals surface area contributed by atoms with E-state index in [1.165, 1.54) is 4.90 Å². The predicted molar refractivity (Wildman–Crippen MR) is 59.3 cm³/mol. The van der Waals surface area contributed by atoms with Crippen LogP contribution < -0.4 is 5.32 Å². The average Bonchev–Trinajstić information content (AvgIpc) is 3.00. The largest absolute Gasteiger partial charge is 0.465 e. The summed E-state index contributed by atoms with van der Waals surface area (Å²) in [6.07, 6.45) is 1.22. The van der Waals surface area contributed by atoms with Crippen LogP contribution in [0.4, 0.5) is 4.79 Å². The van der Waals surface area contributed by atoms with Gasteiger partial charge in [0.2, 0.25) is 0 Å². The molecule has 7 nitrogen and oxygen atoms in total. The van der Waals surface area contributed by atoms with Crippen molar-refractivity contribution in [3.05, 3.63) is 17.5 Å². The molecular formula is C11H13N3O4. The monoisotopic (exact) mass is 251 g/mol. The number of carbonyl (C=O) groups is 2. The second-order valence-corrected chi connectivity index (χ2v) is 4.75.